The molecule has 0 aliphatic heterocycles. The summed E-state index contributed by atoms with van der Waals surface area (Å²) in [6.07, 6.45) is 7.85. The van der Waals surface area contributed by atoms with Gasteiger partial charge in [-0.05, 0) is 18.8 Å². The van der Waals surface area contributed by atoms with E-state index >= 15 is 0 Å². The second-order valence-electron chi connectivity index (χ2n) is 4.92. The van der Waals surface area contributed by atoms with Crippen molar-refractivity contribution < 1.29 is 9.53 Å². The number of fused-ring (bicyclic) bond motifs is 1. The van der Waals surface area contributed by atoms with Gasteiger partial charge in [0.2, 0.25) is 0 Å². The molecule has 16 heavy (non-hydrogen) atoms. The van der Waals surface area contributed by atoms with Crippen LogP contribution in [0.2, 0.25) is 0 Å². The second-order valence-corrected chi connectivity index (χ2v) is 4.92. The van der Waals surface area contributed by atoms with E-state index in [1.807, 2.05) is 12.2 Å². The fourth-order valence-electron chi connectivity index (χ4n) is 3.63. The molecule has 3 atom stereocenters. The predicted molar refractivity (Wildman–Crippen MR) is 64.1 cm³/mol. The lowest BCUT2D eigenvalue weighted by atomic mass is 9.69. The van der Waals surface area contributed by atoms with Crippen molar-refractivity contribution in [2.24, 2.45) is 17.3 Å². The minimum atomic E-state index is -0.365. The molecular formula is C14H20O2. The van der Waals surface area contributed by atoms with E-state index in [1.165, 1.54) is 6.42 Å². The summed E-state index contributed by atoms with van der Waals surface area (Å²) in [5.41, 5.74) is -0.336. The van der Waals surface area contributed by atoms with Crippen molar-refractivity contribution in [3.05, 3.63) is 25.3 Å². The van der Waals surface area contributed by atoms with Gasteiger partial charge in [0.1, 0.15) is 6.10 Å². The summed E-state index contributed by atoms with van der Waals surface area (Å²) >= 11 is 0. The zero-order valence-corrected chi connectivity index (χ0v) is 9.95. The first kappa shape index (κ1) is 11.6. The van der Waals surface area contributed by atoms with E-state index in [0.717, 1.165) is 19.3 Å². The predicted octanol–water partition coefficient (Wildman–Crippen LogP) is 2.75. The molecule has 0 heterocycles. The Balaban J connectivity index is 2.43. The number of hydrogen-bond acceptors (Lipinski definition) is 2. The molecule has 2 rings (SSSR count). The first-order valence-electron chi connectivity index (χ1n) is 6.05. The van der Waals surface area contributed by atoms with Gasteiger partial charge in [0.15, 0.2) is 5.78 Å². The summed E-state index contributed by atoms with van der Waals surface area (Å²) in [5, 5.41) is 0. The average Bonchev–Trinajstić information content (AvgIpc) is 2.59. The first-order valence-corrected chi connectivity index (χ1v) is 6.05. The number of hydrogen-bond donors (Lipinski definition) is 0. The van der Waals surface area contributed by atoms with Gasteiger partial charge in [-0.15, -0.1) is 13.2 Å². The molecule has 88 valence electrons. The molecule has 2 aliphatic carbocycles. The van der Waals surface area contributed by atoms with Crippen LogP contribution in [0.25, 0.3) is 0 Å². The molecule has 2 heteroatoms. The van der Waals surface area contributed by atoms with Gasteiger partial charge in [-0.1, -0.05) is 25.0 Å². The third kappa shape index (κ3) is 1.32. The minimum Gasteiger partial charge on any atom is -0.372 e. The van der Waals surface area contributed by atoms with Crippen LogP contribution >= 0.6 is 0 Å². The maximum Gasteiger partial charge on any atom is 0.166 e. The van der Waals surface area contributed by atoms with Gasteiger partial charge in [-0.25, -0.2) is 0 Å². The van der Waals surface area contributed by atoms with Gasteiger partial charge in [-0.2, -0.15) is 0 Å². The van der Waals surface area contributed by atoms with Crippen molar-refractivity contribution in [3.8, 4) is 0 Å². The van der Waals surface area contributed by atoms with E-state index in [0.29, 0.717) is 5.92 Å². The van der Waals surface area contributed by atoms with Crippen LogP contribution in [0.1, 0.15) is 25.7 Å². The highest BCUT2D eigenvalue weighted by Gasteiger charge is 2.57. The molecule has 0 radical (unpaired) electrons. The summed E-state index contributed by atoms with van der Waals surface area (Å²) in [7, 11) is 1.61. The fraction of sp³-hybridized carbons (Fsp3) is 0.643. The molecule has 2 saturated carbocycles. The molecule has 0 N–H and O–H groups in total. The normalized spacial score (nSPS) is 36.8. The molecule has 2 fully saturated rings. The van der Waals surface area contributed by atoms with Crippen molar-refractivity contribution in [1.82, 2.24) is 0 Å². The van der Waals surface area contributed by atoms with Gasteiger partial charge < -0.3 is 4.74 Å². The standard InChI is InChI=1S/C14H20O2/c1-4-14(5-2)11-9-7-6-8-10(11)12(15)13(14)16-3/h4-5,10-11,13H,1-2,6-9H2,3H3/t10-,11-,13+/m0/s1. The molecule has 0 unspecified atom stereocenters. The lowest BCUT2D eigenvalue weighted by Crippen LogP contribution is -2.35. The Kier molecular flexibility index (Phi) is 3.02. The van der Waals surface area contributed by atoms with Gasteiger partial charge in [0.05, 0.1) is 0 Å². The van der Waals surface area contributed by atoms with Crippen molar-refractivity contribution in [2.45, 2.75) is 31.8 Å². The zero-order chi connectivity index (χ0) is 11.8. The number of rotatable bonds is 3. The number of Topliss-reactive ketones (excluding diaryl/α,β-unsaturated/α-hetero) is 1. The number of ketones is 1. The smallest absolute Gasteiger partial charge is 0.166 e. The summed E-state index contributed by atoms with van der Waals surface area (Å²) < 4.78 is 5.42. The highest BCUT2D eigenvalue weighted by atomic mass is 16.5. The van der Waals surface area contributed by atoms with Gasteiger partial charge >= 0.3 is 0 Å². The number of ether oxygens (including phenoxy) is 1. The summed E-state index contributed by atoms with van der Waals surface area (Å²) in [6, 6.07) is 0. The largest absolute Gasteiger partial charge is 0.372 e. The summed E-state index contributed by atoms with van der Waals surface area (Å²) in [5.74, 6) is 0.774. The maximum absolute atomic E-state index is 12.3. The van der Waals surface area contributed by atoms with Gasteiger partial charge in [-0.3, -0.25) is 4.79 Å². The highest BCUT2D eigenvalue weighted by Crippen LogP contribution is 2.53. The van der Waals surface area contributed by atoms with Crippen molar-refractivity contribution in [2.75, 3.05) is 7.11 Å². The van der Waals surface area contributed by atoms with E-state index in [1.54, 1.807) is 7.11 Å². The molecule has 2 aliphatic rings. The number of methoxy groups -OCH3 is 1. The molecule has 0 aromatic rings. The summed E-state index contributed by atoms with van der Waals surface area (Å²) in [6.45, 7) is 7.81. The summed E-state index contributed by atoms with van der Waals surface area (Å²) in [4.78, 5) is 12.3. The quantitative estimate of drug-likeness (QED) is 0.684. The van der Waals surface area contributed by atoms with E-state index in [2.05, 4.69) is 13.2 Å². The monoisotopic (exact) mass is 220 g/mol. The topological polar surface area (TPSA) is 26.3 Å². The Morgan fingerprint density at radius 3 is 2.50 bits per heavy atom. The fourth-order valence-corrected chi connectivity index (χ4v) is 3.63. The molecule has 2 nitrogen and oxygen atoms in total. The van der Waals surface area contributed by atoms with Crippen molar-refractivity contribution >= 4 is 5.78 Å². The SMILES string of the molecule is C=CC1(C=C)[C@H](OC)C(=O)[C@H]2CCCC[C@@H]21. The van der Waals surface area contributed by atoms with Gasteiger partial charge in [0.25, 0.3) is 0 Å². The van der Waals surface area contributed by atoms with Crippen LogP contribution in [0, 0.1) is 17.3 Å². The van der Waals surface area contributed by atoms with Crippen molar-refractivity contribution in [1.29, 1.82) is 0 Å². The zero-order valence-electron chi connectivity index (χ0n) is 9.95. The van der Waals surface area contributed by atoms with Crippen LogP contribution in [-0.2, 0) is 9.53 Å². The Morgan fingerprint density at radius 1 is 1.31 bits per heavy atom. The van der Waals surface area contributed by atoms with Crippen LogP contribution in [0.5, 0.6) is 0 Å². The molecule has 0 saturated heterocycles. The lowest BCUT2D eigenvalue weighted by Gasteiger charge is -2.36. The third-order valence-corrected chi connectivity index (χ3v) is 4.43. The Morgan fingerprint density at radius 2 is 1.94 bits per heavy atom. The van der Waals surface area contributed by atoms with Crippen LogP contribution in [0.3, 0.4) is 0 Å². The molecule has 0 amide bonds. The molecule has 0 bridgehead atoms. The molecule has 0 spiro atoms. The van der Waals surface area contributed by atoms with E-state index in [4.69, 9.17) is 4.74 Å². The Hall–Kier alpha value is -0.890. The van der Waals surface area contributed by atoms with Crippen molar-refractivity contribution in [3.63, 3.8) is 0 Å². The van der Waals surface area contributed by atoms with Gasteiger partial charge in [0, 0.05) is 18.4 Å². The van der Waals surface area contributed by atoms with Crippen LogP contribution in [0.15, 0.2) is 25.3 Å². The maximum atomic E-state index is 12.3. The van der Waals surface area contributed by atoms with Crippen LogP contribution in [-0.4, -0.2) is 19.0 Å². The second kappa shape index (κ2) is 4.17. The number of carbonyl (C=O) groups is 1. The van der Waals surface area contributed by atoms with E-state index in [-0.39, 0.29) is 23.2 Å². The van der Waals surface area contributed by atoms with Crippen LogP contribution < -0.4 is 0 Å². The lowest BCUT2D eigenvalue weighted by molar-refractivity contribution is -0.130. The Bertz CT molecular complexity index is 311. The molecular weight excluding hydrogens is 200 g/mol. The van der Waals surface area contributed by atoms with E-state index < -0.39 is 0 Å². The minimum absolute atomic E-state index is 0.162. The molecule has 0 aromatic carbocycles. The van der Waals surface area contributed by atoms with E-state index in [9.17, 15) is 4.79 Å². The average molecular weight is 220 g/mol. The van der Waals surface area contributed by atoms with Crippen LogP contribution in [0.4, 0.5) is 0 Å². The third-order valence-electron chi connectivity index (χ3n) is 4.43. The molecule has 0 aromatic heterocycles. The highest BCUT2D eigenvalue weighted by molar-refractivity contribution is 5.90. The number of carbonyl (C=O) groups excluding carboxylic acids is 1. The first-order chi connectivity index (χ1) is 7.71. The Labute approximate surface area is 97.4 Å².